The molecule has 1 aliphatic rings. The van der Waals surface area contributed by atoms with Gasteiger partial charge in [-0.1, -0.05) is 0 Å². The lowest BCUT2D eigenvalue weighted by Gasteiger charge is -2.27. The summed E-state index contributed by atoms with van der Waals surface area (Å²) in [5.74, 6) is -1.12. The number of carboxylic acid groups (broad SMARTS) is 1. The maximum absolute atomic E-state index is 11.5. The van der Waals surface area contributed by atoms with Crippen LogP contribution in [0.2, 0.25) is 0 Å². The number of hydrogen-bond acceptors (Lipinski definition) is 4. The highest BCUT2D eigenvalue weighted by molar-refractivity contribution is 6.00. The monoisotopic (exact) mass is 236 g/mol. The third-order valence-corrected chi connectivity index (χ3v) is 2.51. The molecule has 1 aromatic rings. The summed E-state index contributed by atoms with van der Waals surface area (Å²) in [6, 6.07) is 4.41. The predicted molar refractivity (Wildman–Crippen MR) is 61.1 cm³/mol. The largest absolute Gasteiger partial charge is 0.478 e. The van der Waals surface area contributed by atoms with Gasteiger partial charge in [0.2, 0.25) is 0 Å². The maximum atomic E-state index is 11.5. The Balaban J connectivity index is 2.43. The zero-order valence-electron chi connectivity index (χ0n) is 9.05. The molecule has 1 fully saturated rings. The first kappa shape index (κ1) is 11.3. The molecule has 6 heteroatoms. The normalized spacial score (nSPS) is 15.5. The quantitative estimate of drug-likeness (QED) is 0.755. The zero-order chi connectivity index (χ0) is 12.4. The number of nitrogens with two attached hydrogens (primary N) is 1. The van der Waals surface area contributed by atoms with Gasteiger partial charge in [-0.3, -0.25) is 4.90 Å². The summed E-state index contributed by atoms with van der Waals surface area (Å²) in [6.07, 6.45) is 0.151. The molecule has 1 amide bonds. The fourth-order valence-electron chi connectivity index (χ4n) is 1.73. The van der Waals surface area contributed by atoms with Gasteiger partial charge in [0.15, 0.2) is 0 Å². The molecule has 90 valence electrons. The van der Waals surface area contributed by atoms with Crippen LogP contribution in [-0.2, 0) is 4.74 Å². The Kier molecular flexibility index (Phi) is 2.86. The number of hydrogen-bond donors (Lipinski definition) is 2. The fraction of sp³-hybridized carbons (Fsp3) is 0.273. The van der Waals surface area contributed by atoms with E-state index in [-0.39, 0.29) is 5.56 Å². The Bertz CT molecular complexity index is 473. The molecule has 2 rings (SSSR count). The Morgan fingerprint density at radius 1 is 1.47 bits per heavy atom. The van der Waals surface area contributed by atoms with Gasteiger partial charge in [0.25, 0.3) is 0 Å². The minimum Gasteiger partial charge on any atom is -0.478 e. The second kappa shape index (κ2) is 4.32. The molecule has 0 bridgehead atoms. The molecule has 1 heterocycles. The molecular weight excluding hydrogens is 224 g/mol. The summed E-state index contributed by atoms with van der Waals surface area (Å²) in [5.41, 5.74) is 6.20. The molecule has 6 nitrogen and oxygen atoms in total. The Morgan fingerprint density at radius 3 is 2.88 bits per heavy atom. The highest BCUT2D eigenvalue weighted by atomic mass is 16.6. The first-order valence-corrected chi connectivity index (χ1v) is 5.16. The molecular formula is C11H12N2O4. The summed E-state index contributed by atoms with van der Waals surface area (Å²) < 4.78 is 4.87. The highest BCUT2D eigenvalue weighted by Gasteiger charge is 2.25. The van der Waals surface area contributed by atoms with Gasteiger partial charge in [0, 0.05) is 12.2 Å². The van der Waals surface area contributed by atoms with E-state index in [9.17, 15) is 9.59 Å². The van der Waals surface area contributed by atoms with Gasteiger partial charge in [-0.2, -0.15) is 0 Å². The van der Waals surface area contributed by atoms with Crippen LogP contribution in [0.5, 0.6) is 0 Å². The number of amides is 1. The van der Waals surface area contributed by atoms with Gasteiger partial charge >= 0.3 is 12.1 Å². The molecule has 17 heavy (non-hydrogen) atoms. The van der Waals surface area contributed by atoms with Crippen molar-refractivity contribution in [3.05, 3.63) is 23.8 Å². The van der Waals surface area contributed by atoms with Crippen LogP contribution in [0.25, 0.3) is 0 Å². The van der Waals surface area contributed by atoms with Crippen LogP contribution in [0.4, 0.5) is 16.2 Å². The van der Waals surface area contributed by atoms with E-state index < -0.39 is 12.1 Å². The van der Waals surface area contributed by atoms with Crippen molar-refractivity contribution in [1.82, 2.24) is 0 Å². The van der Waals surface area contributed by atoms with Gasteiger partial charge < -0.3 is 15.6 Å². The number of carbonyl (C=O) groups is 2. The molecule has 0 spiro atoms. The van der Waals surface area contributed by atoms with Crippen LogP contribution in [0.15, 0.2) is 18.2 Å². The number of cyclic esters (lactones) is 1. The molecule has 0 saturated carbocycles. The van der Waals surface area contributed by atoms with Crippen LogP contribution < -0.4 is 10.6 Å². The third-order valence-electron chi connectivity index (χ3n) is 2.51. The topological polar surface area (TPSA) is 92.9 Å². The standard InChI is InChI=1S/C11H12N2O4/c12-7-2-3-9(8(6-7)10(14)15)13-4-1-5-17-11(13)16/h2-3,6H,1,4-5,12H2,(H,14,15). The van der Waals surface area contributed by atoms with Gasteiger partial charge in [-0.25, -0.2) is 9.59 Å². The van der Waals surface area contributed by atoms with Crippen LogP contribution >= 0.6 is 0 Å². The predicted octanol–water partition coefficient (Wildman–Crippen LogP) is 1.31. The lowest BCUT2D eigenvalue weighted by molar-refractivity contribution is 0.0697. The summed E-state index contributed by atoms with van der Waals surface area (Å²) in [4.78, 5) is 23.9. The van der Waals surface area contributed by atoms with E-state index in [1.54, 1.807) is 6.07 Å². The van der Waals surface area contributed by atoms with E-state index in [2.05, 4.69) is 0 Å². The number of carboxylic acids is 1. The van der Waals surface area contributed by atoms with Crippen molar-refractivity contribution in [3.8, 4) is 0 Å². The van der Waals surface area contributed by atoms with Gasteiger partial charge in [-0.05, 0) is 24.6 Å². The van der Waals surface area contributed by atoms with E-state index in [0.29, 0.717) is 30.9 Å². The van der Waals surface area contributed by atoms with E-state index >= 15 is 0 Å². The molecule has 0 aromatic heterocycles. The van der Waals surface area contributed by atoms with Crippen molar-refractivity contribution in [2.24, 2.45) is 0 Å². The highest BCUT2D eigenvalue weighted by Crippen LogP contribution is 2.25. The Labute approximate surface area is 97.6 Å². The number of ether oxygens (including phenoxy) is 1. The van der Waals surface area contributed by atoms with Gasteiger partial charge in [-0.15, -0.1) is 0 Å². The van der Waals surface area contributed by atoms with Gasteiger partial charge in [0.05, 0.1) is 17.9 Å². The molecule has 1 saturated heterocycles. The number of rotatable bonds is 2. The van der Waals surface area contributed by atoms with Crippen LogP contribution in [0.1, 0.15) is 16.8 Å². The van der Waals surface area contributed by atoms with Crippen LogP contribution in [0.3, 0.4) is 0 Å². The SMILES string of the molecule is Nc1ccc(N2CCCOC2=O)c(C(=O)O)c1. The first-order chi connectivity index (χ1) is 8.09. The van der Waals surface area contributed by atoms with Crippen molar-refractivity contribution in [2.45, 2.75) is 6.42 Å². The van der Waals surface area contributed by atoms with Crippen molar-refractivity contribution in [3.63, 3.8) is 0 Å². The zero-order valence-corrected chi connectivity index (χ0v) is 9.05. The number of nitrogens with zero attached hydrogens (tertiary/aromatic N) is 1. The summed E-state index contributed by atoms with van der Waals surface area (Å²) >= 11 is 0. The molecule has 0 atom stereocenters. The minimum absolute atomic E-state index is 0.00356. The molecule has 3 N–H and O–H groups in total. The average Bonchev–Trinajstić information content (AvgIpc) is 2.30. The van der Waals surface area contributed by atoms with Crippen LogP contribution in [0, 0.1) is 0 Å². The maximum Gasteiger partial charge on any atom is 0.414 e. The second-order valence-corrected chi connectivity index (χ2v) is 3.70. The number of anilines is 2. The number of benzene rings is 1. The first-order valence-electron chi connectivity index (χ1n) is 5.16. The van der Waals surface area contributed by atoms with E-state index in [0.717, 1.165) is 0 Å². The lowest BCUT2D eigenvalue weighted by Crippen LogP contribution is -2.38. The van der Waals surface area contributed by atoms with Crippen LogP contribution in [-0.4, -0.2) is 30.3 Å². The van der Waals surface area contributed by atoms with E-state index in [4.69, 9.17) is 15.6 Å². The molecule has 1 aromatic carbocycles. The summed E-state index contributed by atoms with van der Waals surface area (Å²) in [7, 11) is 0. The summed E-state index contributed by atoms with van der Waals surface area (Å²) in [6.45, 7) is 0.815. The van der Waals surface area contributed by atoms with E-state index in [1.807, 2.05) is 0 Å². The molecule has 0 aliphatic carbocycles. The number of aromatic carboxylic acids is 1. The molecule has 1 aliphatic heterocycles. The lowest BCUT2D eigenvalue weighted by atomic mass is 10.1. The Morgan fingerprint density at radius 2 is 2.24 bits per heavy atom. The van der Waals surface area contributed by atoms with Crippen molar-refractivity contribution < 1.29 is 19.4 Å². The fourth-order valence-corrected chi connectivity index (χ4v) is 1.73. The second-order valence-electron chi connectivity index (χ2n) is 3.70. The Hall–Kier alpha value is -2.24. The summed E-state index contributed by atoms with van der Waals surface area (Å²) in [5, 5.41) is 9.07. The number of nitrogen functional groups attached to an aromatic ring is 1. The number of carbonyl (C=O) groups excluding carboxylic acids is 1. The smallest absolute Gasteiger partial charge is 0.414 e. The minimum atomic E-state index is -1.12. The third kappa shape index (κ3) is 2.15. The molecule has 0 unspecified atom stereocenters. The average molecular weight is 236 g/mol. The van der Waals surface area contributed by atoms with E-state index in [1.165, 1.54) is 17.0 Å². The van der Waals surface area contributed by atoms with Crippen molar-refractivity contribution in [2.75, 3.05) is 23.8 Å². The van der Waals surface area contributed by atoms with Crippen molar-refractivity contribution in [1.29, 1.82) is 0 Å². The molecule has 0 radical (unpaired) electrons. The van der Waals surface area contributed by atoms with Gasteiger partial charge in [0.1, 0.15) is 0 Å². The van der Waals surface area contributed by atoms with Crippen molar-refractivity contribution >= 4 is 23.4 Å².